The Morgan fingerprint density at radius 3 is 2.40 bits per heavy atom. The SMILES string of the molecule is CCC(Sc1nc(-c2ccc(OC)cc2)ccc1C#N)C(=O)Nc1ccc(S(=O)(=O)Nc2nccc(C)n2)cc1. The van der Waals surface area contributed by atoms with Crippen molar-refractivity contribution < 1.29 is 17.9 Å². The summed E-state index contributed by atoms with van der Waals surface area (Å²) in [5, 5.41) is 12.3. The zero-order chi connectivity index (χ0) is 28.7. The van der Waals surface area contributed by atoms with Crippen molar-refractivity contribution in [3.63, 3.8) is 0 Å². The molecular formula is C28H26N6O4S2. The van der Waals surface area contributed by atoms with Gasteiger partial charge in [0.1, 0.15) is 16.8 Å². The van der Waals surface area contributed by atoms with Crippen LogP contribution in [-0.4, -0.2) is 41.6 Å². The van der Waals surface area contributed by atoms with E-state index in [9.17, 15) is 18.5 Å². The summed E-state index contributed by atoms with van der Waals surface area (Å²) in [6.07, 6.45) is 1.94. The zero-order valence-electron chi connectivity index (χ0n) is 22.0. The van der Waals surface area contributed by atoms with Gasteiger partial charge in [0.05, 0.1) is 28.5 Å². The highest BCUT2D eigenvalue weighted by molar-refractivity contribution is 8.00. The van der Waals surface area contributed by atoms with Crippen LogP contribution >= 0.6 is 11.8 Å². The van der Waals surface area contributed by atoms with Gasteiger partial charge in [-0.05, 0) is 80.1 Å². The molecule has 0 fully saturated rings. The second-order valence-corrected chi connectivity index (χ2v) is 11.4. The van der Waals surface area contributed by atoms with Gasteiger partial charge in [0.25, 0.3) is 10.0 Å². The maximum atomic E-state index is 13.1. The molecule has 4 rings (SSSR count). The predicted molar refractivity (Wildman–Crippen MR) is 154 cm³/mol. The molecule has 12 heteroatoms. The van der Waals surface area contributed by atoms with Gasteiger partial charge in [-0.2, -0.15) is 5.26 Å². The summed E-state index contributed by atoms with van der Waals surface area (Å²) in [6.45, 7) is 3.60. The number of nitrogens with one attached hydrogen (secondary N) is 2. The lowest BCUT2D eigenvalue weighted by atomic mass is 10.1. The van der Waals surface area contributed by atoms with Gasteiger partial charge in [0.2, 0.25) is 11.9 Å². The molecule has 0 aliphatic heterocycles. The predicted octanol–water partition coefficient (Wildman–Crippen LogP) is 5.04. The Morgan fingerprint density at radius 2 is 1.77 bits per heavy atom. The lowest BCUT2D eigenvalue weighted by molar-refractivity contribution is -0.115. The normalized spacial score (nSPS) is 11.8. The first-order valence-electron chi connectivity index (χ1n) is 12.2. The minimum absolute atomic E-state index is 0.00442. The van der Waals surface area contributed by atoms with E-state index in [4.69, 9.17) is 4.74 Å². The summed E-state index contributed by atoms with van der Waals surface area (Å²) in [5.41, 5.74) is 2.94. The van der Waals surface area contributed by atoms with Gasteiger partial charge in [-0.1, -0.05) is 18.7 Å². The molecule has 0 bridgehead atoms. The van der Waals surface area contributed by atoms with Crippen molar-refractivity contribution in [1.29, 1.82) is 5.26 Å². The number of thioether (sulfide) groups is 1. The molecule has 10 nitrogen and oxygen atoms in total. The molecule has 1 unspecified atom stereocenters. The van der Waals surface area contributed by atoms with E-state index in [-0.39, 0.29) is 16.8 Å². The zero-order valence-corrected chi connectivity index (χ0v) is 23.6. The first-order valence-corrected chi connectivity index (χ1v) is 14.5. The van der Waals surface area contributed by atoms with E-state index in [1.807, 2.05) is 31.2 Å². The van der Waals surface area contributed by atoms with Crippen molar-refractivity contribution >= 4 is 39.3 Å². The number of pyridine rings is 1. The molecule has 0 saturated heterocycles. The molecule has 204 valence electrons. The average molecular weight is 575 g/mol. The van der Waals surface area contributed by atoms with Crippen LogP contribution in [0, 0.1) is 18.3 Å². The molecule has 4 aromatic rings. The number of hydrogen-bond acceptors (Lipinski definition) is 9. The van der Waals surface area contributed by atoms with E-state index in [0.717, 1.165) is 11.3 Å². The van der Waals surface area contributed by atoms with Crippen molar-refractivity contribution in [2.45, 2.75) is 35.4 Å². The van der Waals surface area contributed by atoms with Gasteiger partial charge in [-0.25, -0.2) is 28.1 Å². The highest BCUT2D eigenvalue weighted by Crippen LogP contribution is 2.31. The number of sulfonamides is 1. The maximum absolute atomic E-state index is 13.1. The fraction of sp³-hybridized carbons (Fsp3) is 0.179. The average Bonchev–Trinajstić information content (AvgIpc) is 2.96. The standard InChI is InChI=1S/C28H26N6O4S2/c1-4-25(39-27-20(17-29)7-14-24(33-27)19-5-10-22(38-3)11-6-19)26(35)32-21-8-12-23(13-9-21)40(36,37)34-28-30-16-15-18(2)31-28/h5-16,25H,4H2,1-3H3,(H,32,35)(H,30,31,34). The number of hydrogen-bond donors (Lipinski definition) is 2. The van der Waals surface area contributed by atoms with E-state index in [0.29, 0.717) is 34.1 Å². The number of rotatable bonds is 10. The van der Waals surface area contributed by atoms with Crippen LogP contribution in [0.15, 0.2) is 82.8 Å². The Balaban J connectivity index is 1.47. The minimum atomic E-state index is -3.91. The smallest absolute Gasteiger partial charge is 0.264 e. The number of benzene rings is 2. The molecule has 2 heterocycles. The third-order valence-corrected chi connectivity index (χ3v) is 8.45. The maximum Gasteiger partial charge on any atom is 0.264 e. The molecule has 0 aliphatic rings. The first kappa shape index (κ1) is 28.5. The number of nitriles is 1. The molecule has 2 aromatic carbocycles. The van der Waals surface area contributed by atoms with Crippen LogP contribution in [0.3, 0.4) is 0 Å². The van der Waals surface area contributed by atoms with Gasteiger partial charge in [-0.15, -0.1) is 0 Å². The Hall–Kier alpha value is -4.47. The lowest BCUT2D eigenvalue weighted by Gasteiger charge is -2.16. The van der Waals surface area contributed by atoms with Crippen molar-refractivity contribution in [2.75, 3.05) is 17.1 Å². The van der Waals surface area contributed by atoms with Crippen molar-refractivity contribution in [3.05, 3.63) is 84.2 Å². The van der Waals surface area contributed by atoms with Crippen molar-refractivity contribution in [1.82, 2.24) is 15.0 Å². The summed E-state index contributed by atoms with van der Waals surface area (Å²) in [6, 6.07) is 20.4. The van der Waals surface area contributed by atoms with Gasteiger partial charge >= 0.3 is 0 Å². The second kappa shape index (κ2) is 12.6. The Morgan fingerprint density at radius 1 is 1.05 bits per heavy atom. The summed E-state index contributed by atoms with van der Waals surface area (Å²) < 4.78 is 33.0. The molecule has 0 aliphatic carbocycles. The second-order valence-electron chi connectivity index (χ2n) is 8.55. The number of aromatic nitrogens is 3. The third kappa shape index (κ3) is 6.93. The third-order valence-electron chi connectivity index (χ3n) is 5.74. The van der Waals surface area contributed by atoms with Gasteiger partial charge in [0.15, 0.2) is 0 Å². The molecule has 2 N–H and O–H groups in total. The summed E-state index contributed by atoms with van der Waals surface area (Å²) in [7, 11) is -2.32. The van der Waals surface area contributed by atoms with Crippen LogP contribution in [0.5, 0.6) is 5.75 Å². The molecule has 0 spiro atoms. The van der Waals surface area contributed by atoms with Crippen LogP contribution in [0.1, 0.15) is 24.6 Å². The largest absolute Gasteiger partial charge is 0.497 e. The van der Waals surface area contributed by atoms with E-state index in [2.05, 4.69) is 31.1 Å². The number of amides is 1. The van der Waals surface area contributed by atoms with E-state index >= 15 is 0 Å². The number of anilines is 2. The molecule has 2 aromatic heterocycles. The minimum Gasteiger partial charge on any atom is -0.497 e. The lowest BCUT2D eigenvalue weighted by Crippen LogP contribution is -2.25. The van der Waals surface area contributed by atoms with Gasteiger partial charge in [0, 0.05) is 23.1 Å². The number of carbonyl (C=O) groups is 1. The Bertz CT molecular complexity index is 1650. The van der Waals surface area contributed by atoms with E-state index < -0.39 is 15.3 Å². The topological polar surface area (TPSA) is 147 Å². The summed E-state index contributed by atoms with van der Waals surface area (Å²) >= 11 is 1.20. The molecule has 1 atom stereocenters. The van der Waals surface area contributed by atoms with Crippen LogP contribution in [0.2, 0.25) is 0 Å². The van der Waals surface area contributed by atoms with Crippen LogP contribution in [0.25, 0.3) is 11.3 Å². The molecule has 1 amide bonds. The van der Waals surface area contributed by atoms with E-state index in [1.54, 1.807) is 32.2 Å². The molecule has 0 saturated carbocycles. The highest BCUT2D eigenvalue weighted by Gasteiger charge is 2.22. The van der Waals surface area contributed by atoms with Gasteiger partial charge < -0.3 is 10.1 Å². The summed E-state index contributed by atoms with van der Waals surface area (Å²) in [4.78, 5) is 25.8. The first-order chi connectivity index (χ1) is 19.2. The fourth-order valence-corrected chi connectivity index (χ4v) is 5.56. The number of carbonyl (C=O) groups excluding carboxylic acids is 1. The highest BCUT2D eigenvalue weighted by atomic mass is 32.2. The molecular weight excluding hydrogens is 548 g/mol. The number of aryl methyl sites for hydroxylation is 1. The quantitative estimate of drug-likeness (QED) is 0.249. The van der Waals surface area contributed by atoms with Crippen molar-refractivity contribution in [2.24, 2.45) is 0 Å². The van der Waals surface area contributed by atoms with Crippen LogP contribution in [-0.2, 0) is 14.8 Å². The molecule has 40 heavy (non-hydrogen) atoms. The molecule has 0 radical (unpaired) electrons. The van der Waals surface area contributed by atoms with Crippen LogP contribution < -0.4 is 14.8 Å². The van der Waals surface area contributed by atoms with Crippen LogP contribution in [0.4, 0.5) is 11.6 Å². The number of ether oxygens (including phenoxy) is 1. The van der Waals surface area contributed by atoms with E-state index in [1.165, 1.54) is 42.2 Å². The Labute approximate surface area is 236 Å². The fourth-order valence-electron chi connectivity index (χ4n) is 3.61. The Kier molecular flexibility index (Phi) is 8.98. The van der Waals surface area contributed by atoms with Gasteiger partial charge in [-0.3, -0.25) is 4.79 Å². The van der Waals surface area contributed by atoms with Crippen molar-refractivity contribution in [3.8, 4) is 23.1 Å². The number of methoxy groups -OCH3 is 1. The summed E-state index contributed by atoms with van der Waals surface area (Å²) in [5.74, 6) is 0.397. The monoisotopic (exact) mass is 574 g/mol. The number of nitrogens with zero attached hydrogens (tertiary/aromatic N) is 4.